The minimum Gasteiger partial charge on any atom is -0.372 e. The van der Waals surface area contributed by atoms with Crippen LogP contribution in [-0.2, 0) is 9.53 Å². The van der Waals surface area contributed by atoms with Crippen LogP contribution in [0.5, 0.6) is 0 Å². The number of nitrogens with two attached hydrogens (primary N) is 1. The van der Waals surface area contributed by atoms with Crippen LogP contribution in [0.15, 0.2) is 0 Å². The van der Waals surface area contributed by atoms with E-state index in [0.717, 1.165) is 32.5 Å². The van der Waals surface area contributed by atoms with Crippen molar-refractivity contribution in [1.29, 1.82) is 0 Å². The number of carbonyl (C=O) groups is 1. The molecule has 0 spiro atoms. The number of hydrogen-bond acceptors (Lipinski definition) is 3. The van der Waals surface area contributed by atoms with E-state index < -0.39 is 0 Å². The van der Waals surface area contributed by atoms with Crippen molar-refractivity contribution in [2.45, 2.75) is 25.9 Å². The Bertz CT molecular complexity index is 189. The molecule has 1 unspecified atom stereocenters. The van der Waals surface area contributed by atoms with Crippen molar-refractivity contribution >= 4 is 5.91 Å². The standard InChI is InChI=1S/C10H20N2O2/c1-8(14-2)10(13)12-5-3-9(7-11)4-6-12/h8-9H,3-7,11H2,1-2H3. The zero-order valence-electron chi connectivity index (χ0n) is 9.03. The number of likely N-dealkylation sites (tertiary alicyclic amines) is 1. The molecule has 1 heterocycles. The summed E-state index contributed by atoms with van der Waals surface area (Å²) >= 11 is 0. The average Bonchev–Trinajstić information content (AvgIpc) is 2.27. The van der Waals surface area contributed by atoms with E-state index in [1.165, 1.54) is 0 Å². The fraction of sp³-hybridized carbons (Fsp3) is 0.900. The van der Waals surface area contributed by atoms with Crippen molar-refractivity contribution in [3.8, 4) is 0 Å². The van der Waals surface area contributed by atoms with E-state index in [4.69, 9.17) is 10.5 Å². The van der Waals surface area contributed by atoms with Crippen LogP contribution in [0.1, 0.15) is 19.8 Å². The Balaban J connectivity index is 2.37. The van der Waals surface area contributed by atoms with Gasteiger partial charge in [0, 0.05) is 20.2 Å². The van der Waals surface area contributed by atoms with Gasteiger partial charge in [-0.3, -0.25) is 4.79 Å². The second kappa shape index (κ2) is 5.32. The van der Waals surface area contributed by atoms with Crippen molar-refractivity contribution in [3.05, 3.63) is 0 Å². The summed E-state index contributed by atoms with van der Waals surface area (Å²) in [4.78, 5) is 13.6. The molecule has 2 N–H and O–H groups in total. The summed E-state index contributed by atoms with van der Waals surface area (Å²) in [5.41, 5.74) is 5.58. The molecule has 1 aliphatic rings. The van der Waals surface area contributed by atoms with Gasteiger partial charge in [0.1, 0.15) is 6.10 Å². The molecule has 0 aromatic heterocycles. The number of hydrogen-bond donors (Lipinski definition) is 1. The first kappa shape index (κ1) is 11.5. The molecule has 0 radical (unpaired) electrons. The number of ether oxygens (including phenoxy) is 1. The first-order valence-electron chi connectivity index (χ1n) is 5.20. The number of piperidine rings is 1. The van der Waals surface area contributed by atoms with Gasteiger partial charge in [0.15, 0.2) is 0 Å². The number of rotatable bonds is 3. The molecular formula is C10H20N2O2. The molecule has 4 nitrogen and oxygen atoms in total. The number of carbonyl (C=O) groups excluding carboxylic acids is 1. The average molecular weight is 200 g/mol. The topological polar surface area (TPSA) is 55.6 Å². The zero-order valence-corrected chi connectivity index (χ0v) is 9.03. The summed E-state index contributed by atoms with van der Waals surface area (Å²) < 4.78 is 5.00. The molecule has 1 amide bonds. The highest BCUT2D eigenvalue weighted by Crippen LogP contribution is 2.16. The van der Waals surface area contributed by atoms with E-state index in [1.807, 2.05) is 4.90 Å². The predicted molar refractivity (Wildman–Crippen MR) is 54.8 cm³/mol. The quantitative estimate of drug-likeness (QED) is 0.709. The van der Waals surface area contributed by atoms with Crippen molar-refractivity contribution in [2.75, 3.05) is 26.7 Å². The van der Waals surface area contributed by atoms with E-state index in [-0.39, 0.29) is 12.0 Å². The van der Waals surface area contributed by atoms with E-state index in [0.29, 0.717) is 5.92 Å². The summed E-state index contributed by atoms with van der Waals surface area (Å²) in [5, 5.41) is 0. The molecule has 0 bridgehead atoms. The molecule has 0 saturated carbocycles. The monoisotopic (exact) mass is 200 g/mol. The van der Waals surface area contributed by atoms with Gasteiger partial charge in [0.25, 0.3) is 5.91 Å². The van der Waals surface area contributed by atoms with Gasteiger partial charge >= 0.3 is 0 Å². The Labute approximate surface area is 85.4 Å². The predicted octanol–water partition coefficient (Wildman–Crippen LogP) is 0.219. The molecule has 1 aliphatic heterocycles. The lowest BCUT2D eigenvalue weighted by Crippen LogP contribution is -2.44. The first-order chi connectivity index (χ1) is 6.69. The Morgan fingerprint density at radius 3 is 2.57 bits per heavy atom. The molecule has 4 heteroatoms. The van der Waals surface area contributed by atoms with Gasteiger partial charge in [-0.2, -0.15) is 0 Å². The molecule has 0 aromatic rings. The van der Waals surface area contributed by atoms with E-state index in [9.17, 15) is 4.79 Å². The van der Waals surface area contributed by atoms with Crippen LogP contribution in [0.25, 0.3) is 0 Å². The van der Waals surface area contributed by atoms with Crippen LogP contribution in [-0.4, -0.2) is 43.7 Å². The second-order valence-electron chi connectivity index (χ2n) is 3.88. The van der Waals surface area contributed by atoms with Crippen molar-refractivity contribution in [1.82, 2.24) is 4.90 Å². The maximum absolute atomic E-state index is 11.7. The highest BCUT2D eigenvalue weighted by Gasteiger charge is 2.24. The fourth-order valence-corrected chi connectivity index (χ4v) is 1.75. The van der Waals surface area contributed by atoms with Gasteiger partial charge < -0.3 is 15.4 Å². The maximum Gasteiger partial charge on any atom is 0.251 e. The van der Waals surface area contributed by atoms with Crippen LogP contribution < -0.4 is 5.73 Å². The Hall–Kier alpha value is -0.610. The Morgan fingerprint density at radius 1 is 1.57 bits per heavy atom. The third-order valence-electron chi connectivity index (χ3n) is 2.96. The fourth-order valence-electron chi connectivity index (χ4n) is 1.75. The van der Waals surface area contributed by atoms with Crippen LogP contribution in [0.4, 0.5) is 0 Å². The number of nitrogens with zero attached hydrogens (tertiary/aromatic N) is 1. The van der Waals surface area contributed by atoms with Crippen molar-refractivity contribution < 1.29 is 9.53 Å². The molecule has 1 rings (SSSR count). The number of amides is 1. The second-order valence-corrected chi connectivity index (χ2v) is 3.88. The molecule has 14 heavy (non-hydrogen) atoms. The van der Waals surface area contributed by atoms with Gasteiger partial charge in [0.2, 0.25) is 0 Å². The first-order valence-corrected chi connectivity index (χ1v) is 5.20. The van der Waals surface area contributed by atoms with E-state index >= 15 is 0 Å². The molecule has 0 aliphatic carbocycles. The minimum absolute atomic E-state index is 0.1000. The summed E-state index contributed by atoms with van der Waals surface area (Å²) in [7, 11) is 1.56. The highest BCUT2D eigenvalue weighted by molar-refractivity contribution is 5.80. The highest BCUT2D eigenvalue weighted by atomic mass is 16.5. The molecule has 1 saturated heterocycles. The van der Waals surface area contributed by atoms with Gasteiger partial charge in [-0.25, -0.2) is 0 Å². The lowest BCUT2D eigenvalue weighted by molar-refractivity contribution is -0.142. The van der Waals surface area contributed by atoms with Crippen LogP contribution in [0.2, 0.25) is 0 Å². The summed E-state index contributed by atoms with van der Waals surface area (Å²) in [6.07, 6.45) is 1.74. The minimum atomic E-state index is -0.315. The van der Waals surface area contributed by atoms with Crippen LogP contribution in [0.3, 0.4) is 0 Å². The van der Waals surface area contributed by atoms with Crippen molar-refractivity contribution in [2.24, 2.45) is 11.7 Å². The normalized spacial score (nSPS) is 20.9. The van der Waals surface area contributed by atoms with Gasteiger partial charge in [0.05, 0.1) is 0 Å². The Kier molecular flexibility index (Phi) is 4.35. The largest absolute Gasteiger partial charge is 0.372 e. The SMILES string of the molecule is COC(C)C(=O)N1CCC(CN)CC1. The van der Waals surface area contributed by atoms with Gasteiger partial charge in [-0.15, -0.1) is 0 Å². The molecule has 0 aromatic carbocycles. The van der Waals surface area contributed by atoms with Gasteiger partial charge in [-0.05, 0) is 32.2 Å². The maximum atomic E-state index is 11.7. The summed E-state index contributed by atoms with van der Waals surface area (Å²) in [5.74, 6) is 0.694. The Morgan fingerprint density at radius 2 is 2.14 bits per heavy atom. The molecule has 82 valence electrons. The molecule has 1 atom stereocenters. The molecule has 1 fully saturated rings. The lowest BCUT2D eigenvalue weighted by atomic mass is 9.97. The van der Waals surface area contributed by atoms with Crippen LogP contribution >= 0.6 is 0 Å². The van der Waals surface area contributed by atoms with E-state index in [1.54, 1.807) is 14.0 Å². The third-order valence-corrected chi connectivity index (χ3v) is 2.96. The molecular weight excluding hydrogens is 180 g/mol. The summed E-state index contributed by atoms with van der Waals surface area (Å²) in [6, 6.07) is 0. The van der Waals surface area contributed by atoms with Crippen molar-refractivity contribution in [3.63, 3.8) is 0 Å². The zero-order chi connectivity index (χ0) is 10.6. The van der Waals surface area contributed by atoms with E-state index in [2.05, 4.69) is 0 Å². The van der Waals surface area contributed by atoms with Crippen LogP contribution in [0, 0.1) is 5.92 Å². The smallest absolute Gasteiger partial charge is 0.251 e. The number of methoxy groups -OCH3 is 1. The summed E-state index contributed by atoms with van der Waals surface area (Å²) in [6.45, 7) is 4.18. The van der Waals surface area contributed by atoms with Gasteiger partial charge in [-0.1, -0.05) is 0 Å². The lowest BCUT2D eigenvalue weighted by Gasteiger charge is -2.32. The third kappa shape index (κ3) is 2.69.